The molecule has 1 atom stereocenters. The van der Waals surface area contributed by atoms with E-state index in [1.807, 2.05) is 54.4 Å². The minimum atomic E-state index is -0.0528. The van der Waals surface area contributed by atoms with E-state index in [0.29, 0.717) is 23.7 Å². The number of rotatable bonds is 3. The van der Waals surface area contributed by atoms with Gasteiger partial charge in [0, 0.05) is 32.0 Å². The van der Waals surface area contributed by atoms with E-state index in [-0.39, 0.29) is 11.9 Å². The second-order valence-corrected chi connectivity index (χ2v) is 6.92. The number of hydrogen-bond donors (Lipinski definition) is 1. The summed E-state index contributed by atoms with van der Waals surface area (Å²) in [5.41, 5.74) is 3.15. The Hall–Kier alpha value is -2.70. The monoisotopic (exact) mass is 381 g/mol. The minimum Gasteiger partial charge on any atom is -0.329 e. The van der Waals surface area contributed by atoms with E-state index in [4.69, 9.17) is 11.6 Å². The fraction of sp³-hybridized carbons (Fsp3) is 0.250. The number of nitrogens with zero attached hydrogens (tertiary/aromatic N) is 4. The lowest BCUT2D eigenvalue weighted by molar-refractivity contribution is 0.0633. The van der Waals surface area contributed by atoms with Crippen molar-refractivity contribution in [2.75, 3.05) is 19.6 Å². The highest BCUT2D eigenvalue weighted by Crippen LogP contribution is 2.26. The van der Waals surface area contributed by atoms with E-state index in [0.717, 1.165) is 23.5 Å². The molecule has 4 rings (SSSR count). The molecule has 1 fully saturated rings. The molecule has 7 heteroatoms. The molecule has 2 aromatic heterocycles. The first-order valence-corrected chi connectivity index (χ1v) is 9.25. The summed E-state index contributed by atoms with van der Waals surface area (Å²) >= 11 is 6.30. The summed E-state index contributed by atoms with van der Waals surface area (Å²) in [4.78, 5) is 19.4. The quantitative estimate of drug-likeness (QED) is 0.757. The number of carbonyl (C=O) groups is 1. The minimum absolute atomic E-state index is 0.0267. The number of aromatic nitrogens is 3. The van der Waals surface area contributed by atoms with Crippen molar-refractivity contribution < 1.29 is 4.79 Å². The Morgan fingerprint density at radius 3 is 2.85 bits per heavy atom. The Kier molecular flexibility index (Phi) is 4.92. The molecule has 3 heterocycles. The van der Waals surface area contributed by atoms with Crippen molar-refractivity contribution in [3.63, 3.8) is 0 Å². The lowest BCUT2D eigenvalue weighted by Crippen LogP contribution is -2.48. The zero-order valence-corrected chi connectivity index (χ0v) is 15.7. The van der Waals surface area contributed by atoms with Crippen LogP contribution in [0, 0.1) is 6.92 Å². The van der Waals surface area contributed by atoms with Crippen LogP contribution < -0.4 is 5.32 Å². The number of nitrogens with one attached hydrogen (secondary N) is 1. The fourth-order valence-electron chi connectivity index (χ4n) is 3.46. The van der Waals surface area contributed by atoms with Crippen molar-refractivity contribution in [1.29, 1.82) is 0 Å². The van der Waals surface area contributed by atoms with Gasteiger partial charge in [0.2, 0.25) is 0 Å². The topological polar surface area (TPSA) is 63.1 Å². The average Bonchev–Trinajstić information content (AvgIpc) is 3.09. The van der Waals surface area contributed by atoms with Crippen LogP contribution in [0.3, 0.4) is 0 Å². The number of benzene rings is 1. The highest BCUT2D eigenvalue weighted by Gasteiger charge is 2.30. The first-order chi connectivity index (χ1) is 13.2. The van der Waals surface area contributed by atoms with Crippen LogP contribution in [0.4, 0.5) is 0 Å². The van der Waals surface area contributed by atoms with Crippen molar-refractivity contribution in [1.82, 2.24) is 25.0 Å². The molecule has 1 unspecified atom stereocenters. The number of hydrogen-bond acceptors (Lipinski definition) is 4. The fourth-order valence-corrected chi connectivity index (χ4v) is 3.67. The molecule has 0 spiro atoms. The molecular formula is C20H20ClN5O. The molecule has 0 aliphatic carbocycles. The van der Waals surface area contributed by atoms with Gasteiger partial charge in [-0.1, -0.05) is 29.8 Å². The largest absolute Gasteiger partial charge is 0.329 e. The third-order valence-corrected chi connectivity index (χ3v) is 5.21. The molecule has 0 bridgehead atoms. The number of piperazine rings is 1. The standard InChI is InChI=1S/C20H20ClN5O/c1-14-16(12-24-26(14)18-7-3-2-6-17(18)21)20(27)25-10-9-23-13-19(25)15-5-4-8-22-11-15/h2-8,11-12,19,23H,9-10,13H2,1H3. The molecular weight excluding hydrogens is 362 g/mol. The van der Waals surface area contributed by atoms with Crippen LogP contribution in [0.25, 0.3) is 5.69 Å². The molecule has 0 radical (unpaired) electrons. The van der Waals surface area contributed by atoms with Crippen LogP contribution >= 0.6 is 11.6 Å². The van der Waals surface area contributed by atoms with Gasteiger partial charge in [-0.2, -0.15) is 5.10 Å². The van der Waals surface area contributed by atoms with Gasteiger partial charge in [-0.25, -0.2) is 4.68 Å². The summed E-state index contributed by atoms with van der Waals surface area (Å²) < 4.78 is 1.72. The van der Waals surface area contributed by atoms with E-state index in [1.165, 1.54) is 0 Å². The average molecular weight is 382 g/mol. The summed E-state index contributed by atoms with van der Waals surface area (Å²) in [5, 5.41) is 8.38. The number of pyridine rings is 1. The number of para-hydroxylation sites is 1. The van der Waals surface area contributed by atoms with Gasteiger partial charge in [0.25, 0.3) is 5.91 Å². The van der Waals surface area contributed by atoms with Crippen LogP contribution in [-0.4, -0.2) is 45.2 Å². The molecule has 6 nitrogen and oxygen atoms in total. The summed E-state index contributed by atoms with van der Waals surface area (Å²) in [5.74, 6) is -0.0267. The molecule has 138 valence electrons. The SMILES string of the molecule is Cc1c(C(=O)N2CCNCC2c2cccnc2)cnn1-c1ccccc1Cl. The van der Waals surface area contributed by atoms with Crippen LogP contribution in [0.15, 0.2) is 55.0 Å². The smallest absolute Gasteiger partial charge is 0.257 e. The van der Waals surface area contributed by atoms with Crippen LogP contribution in [-0.2, 0) is 0 Å². The van der Waals surface area contributed by atoms with Gasteiger partial charge in [-0.15, -0.1) is 0 Å². The first kappa shape index (κ1) is 17.7. The van der Waals surface area contributed by atoms with E-state index < -0.39 is 0 Å². The van der Waals surface area contributed by atoms with Gasteiger partial charge in [0.15, 0.2) is 0 Å². The Morgan fingerprint density at radius 2 is 2.07 bits per heavy atom. The molecule has 27 heavy (non-hydrogen) atoms. The molecule has 1 saturated heterocycles. The van der Waals surface area contributed by atoms with Gasteiger partial charge >= 0.3 is 0 Å². The molecule has 1 N–H and O–H groups in total. The molecule has 1 aromatic carbocycles. The van der Waals surface area contributed by atoms with Crippen molar-refractivity contribution in [3.8, 4) is 5.69 Å². The second kappa shape index (κ2) is 7.50. The Morgan fingerprint density at radius 1 is 1.22 bits per heavy atom. The molecule has 3 aromatic rings. The van der Waals surface area contributed by atoms with Gasteiger partial charge in [0.05, 0.1) is 34.2 Å². The van der Waals surface area contributed by atoms with Gasteiger partial charge < -0.3 is 10.2 Å². The lowest BCUT2D eigenvalue weighted by Gasteiger charge is -2.36. The molecule has 1 aliphatic rings. The predicted molar refractivity (Wildman–Crippen MR) is 104 cm³/mol. The number of halogens is 1. The lowest BCUT2D eigenvalue weighted by atomic mass is 10.0. The summed E-state index contributed by atoms with van der Waals surface area (Å²) in [6.45, 7) is 4.00. The molecule has 0 saturated carbocycles. The normalized spacial score (nSPS) is 17.1. The zero-order valence-electron chi connectivity index (χ0n) is 15.0. The zero-order chi connectivity index (χ0) is 18.8. The molecule has 1 amide bonds. The maximum absolute atomic E-state index is 13.3. The predicted octanol–water partition coefficient (Wildman–Crippen LogP) is 3.02. The van der Waals surface area contributed by atoms with E-state index in [1.54, 1.807) is 17.1 Å². The summed E-state index contributed by atoms with van der Waals surface area (Å²) in [6, 6.07) is 11.3. The maximum Gasteiger partial charge on any atom is 0.257 e. The van der Waals surface area contributed by atoms with Gasteiger partial charge in [0.1, 0.15) is 0 Å². The molecule has 1 aliphatic heterocycles. The van der Waals surface area contributed by atoms with Crippen molar-refractivity contribution in [2.45, 2.75) is 13.0 Å². The number of carbonyl (C=O) groups excluding carboxylic acids is 1. The highest BCUT2D eigenvalue weighted by molar-refractivity contribution is 6.32. The maximum atomic E-state index is 13.3. The Bertz CT molecular complexity index is 956. The second-order valence-electron chi connectivity index (χ2n) is 6.51. The van der Waals surface area contributed by atoms with Crippen molar-refractivity contribution in [2.24, 2.45) is 0 Å². The van der Waals surface area contributed by atoms with E-state index in [9.17, 15) is 4.79 Å². The van der Waals surface area contributed by atoms with Gasteiger partial charge in [-0.05, 0) is 30.7 Å². The number of amides is 1. The van der Waals surface area contributed by atoms with Crippen LogP contribution in [0.1, 0.15) is 27.7 Å². The Labute approximate surface area is 162 Å². The van der Waals surface area contributed by atoms with E-state index >= 15 is 0 Å². The summed E-state index contributed by atoms with van der Waals surface area (Å²) in [7, 11) is 0. The van der Waals surface area contributed by atoms with Crippen molar-refractivity contribution in [3.05, 3.63) is 76.8 Å². The van der Waals surface area contributed by atoms with Crippen molar-refractivity contribution >= 4 is 17.5 Å². The van der Waals surface area contributed by atoms with Crippen LogP contribution in [0.5, 0.6) is 0 Å². The van der Waals surface area contributed by atoms with Crippen LogP contribution in [0.2, 0.25) is 5.02 Å². The third kappa shape index (κ3) is 3.34. The van der Waals surface area contributed by atoms with Gasteiger partial charge in [-0.3, -0.25) is 9.78 Å². The van der Waals surface area contributed by atoms with E-state index in [2.05, 4.69) is 15.4 Å². The third-order valence-electron chi connectivity index (χ3n) is 4.89. The highest BCUT2D eigenvalue weighted by atomic mass is 35.5. The Balaban J connectivity index is 1.67. The summed E-state index contributed by atoms with van der Waals surface area (Å²) in [6.07, 6.45) is 5.19. The first-order valence-electron chi connectivity index (χ1n) is 8.88.